The third kappa shape index (κ3) is 1.93. The molecule has 2 N–H and O–H groups in total. The Kier molecular flexibility index (Phi) is 2.86. The zero-order chi connectivity index (χ0) is 12.7. The number of benzene rings is 1. The Labute approximate surface area is 108 Å². The van der Waals surface area contributed by atoms with Crippen LogP contribution >= 0.6 is 0 Å². The van der Waals surface area contributed by atoms with Crippen LogP contribution in [0.1, 0.15) is 40.9 Å². The fourth-order valence-corrected chi connectivity index (χ4v) is 3.07. The van der Waals surface area contributed by atoms with Crippen molar-refractivity contribution in [2.24, 2.45) is 11.8 Å². The molecule has 1 aliphatic carbocycles. The van der Waals surface area contributed by atoms with Gasteiger partial charge in [-0.25, -0.2) is 0 Å². The van der Waals surface area contributed by atoms with Gasteiger partial charge < -0.3 is 10.6 Å². The van der Waals surface area contributed by atoms with Gasteiger partial charge in [0.2, 0.25) is 0 Å². The summed E-state index contributed by atoms with van der Waals surface area (Å²) in [6.45, 7) is 3.06. The Bertz CT molecular complexity index is 483. The lowest BCUT2D eigenvalue weighted by Crippen LogP contribution is -2.32. The smallest absolute Gasteiger partial charge is 0.251 e. The van der Waals surface area contributed by atoms with Crippen LogP contribution in [0.3, 0.4) is 0 Å². The van der Waals surface area contributed by atoms with Gasteiger partial charge in [0.1, 0.15) is 0 Å². The maximum Gasteiger partial charge on any atom is 0.251 e. The number of hydrogen-bond acceptors (Lipinski definition) is 2. The lowest BCUT2D eigenvalue weighted by molar-refractivity contribution is 0.0946. The largest absolute Gasteiger partial charge is 0.352 e. The van der Waals surface area contributed by atoms with E-state index in [0.717, 1.165) is 30.4 Å². The molecule has 0 spiro atoms. The maximum atomic E-state index is 11.9. The van der Waals surface area contributed by atoms with Crippen LogP contribution in [0.2, 0.25) is 0 Å². The van der Waals surface area contributed by atoms with E-state index < -0.39 is 0 Å². The molecule has 1 aliphatic heterocycles. The summed E-state index contributed by atoms with van der Waals surface area (Å²) in [7, 11) is 2.01. The minimum Gasteiger partial charge on any atom is -0.352 e. The van der Waals surface area contributed by atoms with Crippen molar-refractivity contribution in [3.63, 3.8) is 0 Å². The monoisotopic (exact) mass is 244 g/mol. The summed E-state index contributed by atoms with van der Waals surface area (Å²) < 4.78 is 0. The molecule has 3 unspecified atom stereocenters. The molecule has 0 saturated heterocycles. The highest BCUT2D eigenvalue weighted by Gasteiger charge is 2.39. The number of amides is 1. The number of hydrogen-bond donors (Lipinski definition) is 2. The van der Waals surface area contributed by atoms with Gasteiger partial charge in [0, 0.05) is 18.2 Å². The number of fused-ring (bicyclic) bond motifs is 1. The van der Waals surface area contributed by atoms with Crippen molar-refractivity contribution in [2.45, 2.75) is 25.8 Å². The van der Waals surface area contributed by atoms with E-state index in [9.17, 15) is 4.79 Å². The summed E-state index contributed by atoms with van der Waals surface area (Å²) in [6, 6.07) is 6.78. The van der Waals surface area contributed by atoms with E-state index in [0.29, 0.717) is 6.04 Å². The number of nitrogens with one attached hydrogen (secondary N) is 2. The lowest BCUT2D eigenvalue weighted by Gasteiger charge is -2.21. The van der Waals surface area contributed by atoms with Crippen molar-refractivity contribution in [3.05, 3.63) is 34.9 Å². The minimum absolute atomic E-state index is 0.0804. The first-order valence-corrected chi connectivity index (χ1v) is 6.79. The molecule has 2 aliphatic rings. The van der Waals surface area contributed by atoms with Crippen LogP contribution in [0.5, 0.6) is 0 Å². The molecule has 3 nitrogen and oxygen atoms in total. The van der Waals surface area contributed by atoms with Crippen LogP contribution in [0, 0.1) is 11.8 Å². The summed E-state index contributed by atoms with van der Waals surface area (Å²) in [5.41, 5.74) is 3.30. The van der Waals surface area contributed by atoms with Crippen molar-refractivity contribution in [1.29, 1.82) is 0 Å². The van der Waals surface area contributed by atoms with Gasteiger partial charge in [0.25, 0.3) is 5.91 Å². The average Bonchev–Trinajstić information content (AvgIpc) is 3.08. The first kappa shape index (κ1) is 11.7. The van der Waals surface area contributed by atoms with E-state index in [2.05, 4.69) is 35.8 Å². The zero-order valence-corrected chi connectivity index (χ0v) is 11.0. The van der Waals surface area contributed by atoms with Crippen LogP contribution in [0.15, 0.2) is 18.2 Å². The maximum absolute atomic E-state index is 11.9. The van der Waals surface area contributed by atoms with Gasteiger partial charge in [-0.05, 0) is 48.9 Å². The fourth-order valence-electron chi connectivity index (χ4n) is 3.07. The van der Waals surface area contributed by atoms with E-state index >= 15 is 0 Å². The highest BCUT2D eigenvalue weighted by atomic mass is 16.1. The molecule has 0 radical (unpaired) electrons. The second kappa shape index (κ2) is 4.39. The van der Waals surface area contributed by atoms with E-state index in [4.69, 9.17) is 0 Å². The minimum atomic E-state index is 0.0804. The van der Waals surface area contributed by atoms with Crippen LogP contribution < -0.4 is 10.6 Å². The van der Waals surface area contributed by atoms with Crippen LogP contribution in [-0.2, 0) is 6.42 Å². The molecule has 1 heterocycles. The molecule has 3 heteroatoms. The predicted molar refractivity (Wildman–Crippen MR) is 71.6 cm³/mol. The molecule has 1 amide bonds. The van der Waals surface area contributed by atoms with Crippen molar-refractivity contribution in [3.8, 4) is 0 Å². The van der Waals surface area contributed by atoms with E-state index in [1.165, 1.54) is 17.5 Å². The van der Waals surface area contributed by atoms with Gasteiger partial charge in [0.05, 0.1) is 0 Å². The normalized spacial score (nSPS) is 27.3. The average molecular weight is 244 g/mol. The van der Waals surface area contributed by atoms with Crippen molar-refractivity contribution < 1.29 is 4.79 Å². The molecule has 0 aromatic heterocycles. The summed E-state index contributed by atoms with van der Waals surface area (Å²) >= 11 is 0. The Morgan fingerprint density at radius 3 is 2.89 bits per heavy atom. The summed E-state index contributed by atoms with van der Waals surface area (Å²) in [5.74, 6) is 1.60. The van der Waals surface area contributed by atoms with E-state index in [1.54, 1.807) is 0 Å². The fraction of sp³-hybridized carbons (Fsp3) is 0.533. The van der Waals surface area contributed by atoms with Crippen molar-refractivity contribution >= 4 is 5.91 Å². The SMILES string of the molecule is CNC(c1ccc2c(c1)C(=O)NCC2)C1CC1C. The van der Waals surface area contributed by atoms with Gasteiger partial charge in [-0.1, -0.05) is 19.1 Å². The predicted octanol–water partition coefficient (Wildman–Crippen LogP) is 1.89. The Morgan fingerprint density at radius 2 is 2.22 bits per heavy atom. The molecule has 96 valence electrons. The van der Waals surface area contributed by atoms with Crippen molar-refractivity contribution in [1.82, 2.24) is 10.6 Å². The standard InChI is InChI=1S/C15H20N2O/c1-9-7-12(9)14(16-2)11-4-3-10-5-6-17-15(18)13(10)8-11/h3-4,8-9,12,14,16H,5-7H2,1-2H3,(H,17,18). The quantitative estimate of drug-likeness (QED) is 0.852. The third-order valence-electron chi connectivity index (χ3n) is 4.33. The summed E-state index contributed by atoms with van der Waals surface area (Å²) in [4.78, 5) is 11.9. The lowest BCUT2D eigenvalue weighted by atomic mass is 9.93. The Balaban J connectivity index is 1.93. The molecule has 3 atom stereocenters. The second-order valence-electron chi connectivity index (χ2n) is 5.57. The van der Waals surface area contributed by atoms with Gasteiger partial charge in [-0.2, -0.15) is 0 Å². The number of carbonyl (C=O) groups is 1. The van der Waals surface area contributed by atoms with Crippen molar-refractivity contribution in [2.75, 3.05) is 13.6 Å². The first-order valence-electron chi connectivity index (χ1n) is 6.79. The molecule has 3 rings (SSSR count). The van der Waals surface area contributed by atoms with Crippen LogP contribution in [-0.4, -0.2) is 19.5 Å². The molecule has 1 fully saturated rings. The highest BCUT2D eigenvalue weighted by molar-refractivity contribution is 5.96. The van der Waals surface area contributed by atoms with E-state index in [-0.39, 0.29) is 5.91 Å². The Morgan fingerprint density at radius 1 is 1.44 bits per heavy atom. The second-order valence-corrected chi connectivity index (χ2v) is 5.57. The number of carbonyl (C=O) groups excluding carboxylic acids is 1. The topological polar surface area (TPSA) is 41.1 Å². The van der Waals surface area contributed by atoms with Crippen LogP contribution in [0.4, 0.5) is 0 Å². The van der Waals surface area contributed by atoms with E-state index in [1.807, 2.05) is 7.05 Å². The van der Waals surface area contributed by atoms with Gasteiger partial charge >= 0.3 is 0 Å². The molecular weight excluding hydrogens is 224 g/mol. The molecule has 18 heavy (non-hydrogen) atoms. The molecule has 0 bridgehead atoms. The van der Waals surface area contributed by atoms with Gasteiger partial charge in [-0.15, -0.1) is 0 Å². The van der Waals surface area contributed by atoms with Gasteiger partial charge in [0.15, 0.2) is 0 Å². The van der Waals surface area contributed by atoms with Crippen LogP contribution in [0.25, 0.3) is 0 Å². The summed E-state index contributed by atoms with van der Waals surface area (Å²) in [6.07, 6.45) is 2.24. The molecule has 1 aromatic rings. The number of rotatable bonds is 3. The Hall–Kier alpha value is -1.35. The third-order valence-corrected chi connectivity index (χ3v) is 4.33. The first-order chi connectivity index (χ1) is 8.70. The summed E-state index contributed by atoms with van der Waals surface area (Å²) in [5, 5.41) is 6.32. The molecule has 1 saturated carbocycles. The van der Waals surface area contributed by atoms with Gasteiger partial charge in [-0.3, -0.25) is 4.79 Å². The molecule has 1 aromatic carbocycles. The molecular formula is C15H20N2O. The zero-order valence-electron chi connectivity index (χ0n) is 11.0. The highest BCUT2D eigenvalue weighted by Crippen LogP contribution is 2.46.